The fourth-order valence-corrected chi connectivity index (χ4v) is 4.75. The molecule has 1 amide bonds. The minimum absolute atomic E-state index is 0.0525. The second kappa shape index (κ2) is 7.85. The summed E-state index contributed by atoms with van der Waals surface area (Å²) in [6.45, 7) is 1.93. The monoisotopic (exact) mass is 480 g/mol. The number of anilines is 1. The Bertz CT molecular complexity index is 520. The van der Waals surface area contributed by atoms with Gasteiger partial charge in [0.2, 0.25) is 5.91 Å². The number of benzene rings is 1. The van der Waals surface area contributed by atoms with Crippen molar-refractivity contribution in [2.24, 2.45) is 5.92 Å². The molecule has 1 aliphatic heterocycles. The van der Waals surface area contributed by atoms with E-state index in [2.05, 4.69) is 58.0 Å². The second-order valence-electron chi connectivity index (χ2n) is 5.04. The van der Waals surface area contributed by atoms with Gasteiger partial charge in [-0.2, -0.15) is 0 Å². The van der Waals surface area contributed by atoms with E-state index in [0.717, 1.165) is 51.3 Å². The van der Waals surface area contributed by atoms with Crippen molar-refractivity contribution in [2.75, 3.05) is 25.0 Å². The Hall–Kier alpha value is -0.240. The van der Waals surface area contributed by atoms with E-state index in [0.29, 0.717) is 6.54 Å². The zero-order valence-corrected chi connectivity index (χ0v) is 16.0. The lowest BCUT2D eigenvalue weighted by molar-refractivity contribution is -0.117. The van der Waals surface area contributed by atoms with Crippen molar-refractivity contribution in [2.45, 2.75) is 12.8 Å². The maximum absolute atomic E-state index is 12.1. The molecule has 7 heteroatoms. The summed E-state index contributed by atoms with van der Waals surface area (Å²) in [6.07, 6.45) is 2.69. The maximum Gasteiger partial charge on any atom is 0.238 e. The Kier molecular flexibility index (Phi) is 6.40. The van der Waals surface area contributed by atoms with E-state index in [1.54, 1.807) is 0 Å². The van der Waals surface area contributed by atoms with Crippen LogP contribution in [0, 0.1) is 5.92 Å². The summed E-state index contributed by atoms with van der Waals surface area (Å²) in [5.41, 5.74) is 0.728. The molecule has 0 unspecified atom stereocenters. The molecule has 0 saturated carbocycles. The fraction of sp³-hybridized carbons (Fsp3) is 0.429. The normalized spacial score (nSPS) is 16.7. The molecule has 1 aromatic carbocycles. The van der Waals surface area contributed by atoms with Gasteiger partial charge in [0.05, 0.1) is 12.2 Å². The minimum Gasteiger partial charge on any atom is -0.323 e. The van der Waals surface area contributed by atoms with Gasteiger partial charge in [0.15, 0.2) is 0 Å². The minimum atomic E-state index is -0.0525. The first-order valence-electron chi connectivity index (χ1n) is 6.61. The van der Waals surface area contributed by atoms with Gasteiger partial charge in [-0.3, -0.25) is 9.69 Å². The Balaban J connectivity index is 1.92. The average molecular weight is 483 g/mol. The van der Waals surface area contributed by atoms with Gasteiger partial charge in [-0.25, -0.2) is 0 Å². The zero-order valence-electron chi connectivity index (χ0n) is 11.2. The highest BCUT2D eigenvalue weighted by Gasteiger charge is 2.20. The number of hydrogen-bond acceptors (Lipinski definition) is 3. The molecule has 1 saturated heterocycles. The summed E-state index contributed by atoms with van der Waals surface area (Å²) >= 11 is 10.3. The van der Waals surface area contributed by atoms with Gasteiger partial charge in [0.1, 0.15) is 6.29 Å². The third-order valence-electron chi connectivity index (χ3n) is 3.46. The molecule has 0 bridgehead atoms. The number of likely N-dealkylation sites (tertiary alicyclic amines) is 1. The van der Waals surface area contributed by atoms with Gasteiger partial charge >= 0.3 is 0 Å². The number of rotatable bonds is 4. The number of nitrogens with one attached hydrogen (secondary N) is 1. The highest BCUT2D eigenvalue weighted by atomic mass is 79.9. The Morgan fingerprint density at radius 2 is 1.81 bits per heavy atom. The van der Waals surface area contributed by atoms with Crippen molar-refractivity contribution in [3.63, 3.8) is 0 Å². The van der Waals surface area contributed by atoms with Crippen LogP contribution in [0.4, 0.5) is 5.69 Å². The molecular formula is C14H15Br3N2O2. The SMILES string of the molecule is O=CC1CCN(CC(=O)Nc2c(Br)cc(Br)cc2Br)CC1. The smallest absolute Gasteiger partial charge is 0.238 e. The first kappa shape index (κ1) is 17.1. The molecule has 1 N–H and O–H groups in total. The summed E-state index contributed by atoms with van der Waals surface area (Å²) < 4.78 is 2.56. The molecular weight excluding hydrogens is 468 g/mol. The number of aldehydes is 1. The molecule has 0 spiro atoms. The molecule has 1 aromatic rings. The number of amides is 1. The van der Waals surface area contributed by atoms with Crippen molar-refractivity contribution >= 4 is 65.7 Å². The molecule has 4 nitrogen and oxygen atoms in total. The first-order chi connectivity index (χ1) is 9.99. The van der Waals surface area contributed by atoms with Gasteiger partial charge < -0.3 is 10.1 Å². The van der Waals surface area contributed by atoms with Crippen LogP contribution in [0.15, 0.2) is 25.6 Å². The lowest BCUT2D eigenvalue weighted by Crippen LogP contribution is -2.39. The quantitative estimate of drug-likeness (QED) is 0.664. The van der Waals surface area contributed by atoms with Crippen LogP contribution in [-0.4, -0.2) is 36.7 Å². The van der Waals surface area contributed by atoms with Crippen molar-refractivity contribution in [3.8, 4) is 0 Å². The molecule has 1 aliphatic rings. The highest BCUT2D eigenvalue weighted by molar-refractivity contribution is 9.11. The van der Waals surface area contributed by atoms with Gasteiger partial charge in [-0.1, -0.05) is 15.9 Å². The van der Waals surface area contributed by atoms with Crippen molar-refractivity contribution < 1.29 is 9.59 Å². The largest absolute Gasteiger partial charge is 0.323 e. The molecule has 2 rings (SSSR count). The zero-order chi connectivity index (χ0) is 15.4. The molecule has 0 atom stereocenters. The number of piperidine rings is 1. The van der Waals surface area contributed by atoms with Crippen LogP contribution in [0.2, 0.25) is 0 Å². The summed E-state index contributed by atoms with van der Waals surface area (Å²) in [5, 5.41) is 2.91. The van der Waals surface area contributed by atoms with Gasteiger partial charge in [0.25, 0.3) is 0 Å². The van der Waals surface area contributed by atoms with Gasteiger partial charge in [-0.15, -0.1) is 0 Å². The highest BCUT2D eigenvalue weighted by Crippen LogP contribution is 2.34. The van der Waals surface area contributed by atoms with Crippen molar-refractivity contribution in [3.05, 3.63) is 25.6 Å². The molecule has 0 radical (unpaired) electrons. The molecule has 114 valence electrons. The third-order valence-corrected chi connectivity index (χ3v) is 5.17. The van der Waals surface area contributed by atoms with Crippen LogP contribution < -0.4 is 5.32 Å². The summed E-state index contributed by atoms with van der Waals surface area (Å²) in [7, 11) is 0. The number of carbonyl (C=O) groups is 2. The van der Waals surface area contributed by atoms with Crippen molar-refractivity contribution in [1.82, 2.24) is 4.90 Å². The number of carbonyl (C=O) groups excluding carboxylic acids is 2. The maximum atomic E-state index is 12.1. The van der Waals surface area contributed by atoms with Crippen molar-refractivity contribution in [1.29, 1.82) is 0 Å². The molecule has 21 heavy (non-hydrogen) atoms. The van der Waals surface area contributed by atoms with E-state index in [-0.39, 0.29) is 11.8 Å². The van der Waals surface area contributed by atoms with Crippen LogP contribution in [0.5, 0.6) is 0 Å². The van der Waals surface area contributed by atoms with Crippen LogP contribution in [0.1, 0.15) is 12.8 Å². The topological polar surface area (TPSA) is 49.4 Å². The molecule has 1 heterocycles. The molecule has 0 aliphatic carbocycles. The van der Waals surface area contributed by atoms with E-state index in [1.807, 2.05) is 12.1 Å². The van der Waals surface area contributed by atoms with Gasteiger partial charge in [-0.05, 0) is 69.9 Å². The fourth-order valence-electron chi connectivity index (χ4n) is 2.29. The number of halogens is 3. The van der Waals surface area contributed by atoms with Crippen LogP contribution in [0.25, 0.3) is 0 Å². The summed E-state index contributed by atoms with van der Waals surface area (Å²) in [5.74, 6) is 0.0994. The number of hydrogen-bond donors (Lipinski definition) is 1. The average Bonchev–Trinajstić information content (AvgIpc) is 2.43. The lowest BCUT2D eigenvalue weighted by Gasteiger charge is -2.28. The van der Waals surface area contributed by atoms with E-state index in [1.165, 1.54) is 0 Å². The van der Waals surface area contributed by atoms with E-state index in [9.17, 15) is 9.59 Å². The van der Waals surface area contributed by atoms with E-state index in [4.69, 9.17) is 0 Å². The predicted molar refractivity (Wildman–Crippen MR) is 93.4 cm³/mol. The standard InChI is InChI=1S/C14H15Br3N2O2/c15-10-5-11(16)14(12(17)6-10)18-13(21)7-19-3-1-9(8-20)2-4-19/h5-6,8-9H,1-4,7H2,(H,18,21). The third kappa shape index (κ3) is 4.87. The van der Waals surface area contributed by atoms with Crippen LogP contribution in [-0.2, 0) is 9.59 Å². The van der Waals surface area contributed by atoms with Crippen LogP contribution in [0.3, 0.4) is 0 Å². The molecule has 1 fully saturated rings. The Labute approximate surface area is 149 Å². The first-order valence-corrected chi connectivity index (χ1v) is 8.99. The second-order valence-corrected chi connectivity index (χ2v) is 7.67. The van der Waals surface area contributed by atoms with E-state index >= 15 is 0 Å². The molecule has 0 aromatic heterocycles. The predicted octanol–water partition coefficient (Wildman–Crippen LogP) is 3.82. The summed E-state index contributed by atoms with van der Waals surface area (Å²) in [4.78, 5) is 24.9. The number of nitrogens with zero attached hydrogens (tertiary/aromatic N) is 1. The lowest BCUT2D eigenvalue weighted by atomic mass is 9.99. The van der Waals surface area contributed by atoms with E-state index < -0.39 is 0 Å². The summed E-state index contributed by atoms with van der Waals surface area (Å²) in [6, 6.07) is 3.77. The Morgan fingerprint density at radius 1 is 1.24 bits per heavy atom. The van der Waals surface area contributed by atoms with Crippen LogP contribution >= 0.6 is 47.8 Å². The Morgan fingerprint density at radius 3 is 2.33 bits per heavy atom. The van der Waals surface area contributed by atoms with Gasteiger partial charge in [0, 0.05) is 19.3 Å².